The van der Waals surface area contributed by atoms with Crippen LogP contribution in [0, 0.1) is 5.92 Å². The first-order valence-electron chi connectivity index (χ1n) is 8.80. The summed E-state index contributed by atoms with van der Waals surface area (Å²) in [4.78, 5) is 16.6. The molecule has 2 rings (SSSR count). The topological polar surface area (TPSA) is 47.9 Å². The highest BCUT2D eigenvalue weighted by atomic mass is 19.4. The normalized spacial score (nSPS) is 11.8. The van der Waals surface area contributed by atoms with Crippen molar-refractivity contribution in [2.75, 3.05) is 6.61 Å². The standard InChI is InChI=1S/C21H22F3NO3/c1-15(2)20(26)14-27-19-9-5-16(6-10-19)11-12-25-28-13-17-3-7-18(8-4-17)21(22,23)24/h3-10,12,15H,11,13-14H2,1-2H3. The Labute approximate surface area is 162 Å². The molecule has 0 unspecified atom stereocenters. The molecule has 0 amide bonds. The molecule has 0 N–H and O–H groups in total. The summed E-state index contributed by atoms with van der Waals surface area (Å²) in [7, 11) is 0. The van der Waals surface area contributed by atoms with Gasteiger partial charge in [-0.05, 0) is 35.4 Å². The third-order valence-electron chi connectivity index (χ3n) is 3.94. The van der Waals surface area contributed by atoms with Crippen molar-refractivity contribution in [3.63, 3.8) is 0 Å². The Balaban J connectivity index is 1.73. The molecular formula is C21H22F3NO3. The van der Waals surface area contributed by atoms with E-state index in [4.69, 9.17) is 9.57 Å². The first kappa shape index (κ1) is 21.5. The summed E-state index contributed by atoms with van der Waals surface area (Å²) in [6.07, 6.45) is -2.25. The Morgan fingerprint density at radius 2 is 1.64 bits per heavy atom. The molecule has 4 nitrogen and oxygen atoms in total. The summed E-state index contributed by atoms with van der Waals surface area (Å²) in [6, 6.07) is 12.0. The zero-order valence-electron chi connectivity index (χ0n) is 15.7. The van der Waals surface area contributed by atoms with E-state index in [1.54, 1.807) is 18.3 Å². The number of alkyl halides is 3. The van der Waals surface area contributed by atoms with Gasteiger partial charge in [0.15, 0.2) is 5.78 Å². The van der Waals surface area contributed by atoms with Crippen molar-refractivity contribution in [3.8, 4) is 5.75 Å². The van der Waals surface area contributed by atoms with Gasteiger partial charge in [0.1, 0.15) is 19.0 Å². The quantitative estimate of drug-likeness (QED) is 0.442. The number of benzene rings is 2. The van der Waals surface area contributed by atoms with Gasteiger partial charge in [0.05, 0.1) is 5.56 Å². The number of carbonyl (C=O) groups is 1. The molecule has 2 aromatic rings. The largest absolute Gasteiger partial charge is 0.486 e. The number of hydrogen-bond acceptors (Lipinski definition) is 4. The Bertz CT molecular complexity index is 782. The van der Waals surface area contributed by atoms with E-state index >= 15 is 0 Å². The van der Waals surface area contributed by atoms with E-state index < -0.39 is 11.7 Å². The summed E-state index contributed by atoms with van der Waals surface area (Å²) in [5, 5.41) is 3.81. The molecule has 150 valence electrons. The van der Waals surface area contributed by atoms with Crippen LogP contribution in [0.4, 0.5) is 13.2 Å². The predicted octanol–water partition coefficient (Wildman–Crippen LogP) is 5.05. The van der Waals surface area contributed by atoms with Crippen molar-refractivity contribution in [2.45, 2.75) is 33.1 Å². The number of halogens is 3. The third kappa shape index (κ3) is 7.06. The lowest BCUT2D eigenvalue weighted by Crippen LogP contribution is -2.16. The first-order valence-corrected chi connectivity index (χ1v) is 8.80. The Morgan fingerprint density at radius 1 is 1.04 bits per heavy atom. The maximum absolute atomic E-state index is 12.5. The van der Waals surface area contributed by atoms with Crippen molar-refractivity contribution in [1.82, 2.24) is 0 Å². The van der Waals surface area contributed by atoms with Crippen LogP contribution < -0.4 is 4.74 Å². The molecule has 0 spiro atoms. The second kappa shape index (κ2) is 9.92. The van der Waals surface area contributed by atoms with Crippen LogP contribution in [-0.4, -0.2) is 18.6 Å². The van der Waals surface area contributed by atoms with Crippen LogP contribution in [0.3, 0.4) is 0 Å². The van der Waals surface area contributed by atoms with Gasteiger partial charge in [0.2, 0.25) is 0 Å². The number of ketones is 1. The second-order valence-electron chi connectivity index (χ2n) is 6.51. The summed E-state index contributed by atoms with van der Waals surface area (Å²) >= 11 is 0. The van der Waals surface area contributed by atoms with Crippen molar-refractivity contribution in [2.24, 2.45) is 11.1 Å². The minimum Gasteiger partial charge on any atom is -0.486 e. The lowest BCUT2D eigenvalue weighted by atomic mass is 10.1. The molecule has 7 heteroatoms. The van der Waals surface area contributed by atoms with Gasteiger partial charge in [0, 0.05) is 18.6 Å². The third-order valence-corrected chi connectivity index (χ3v) is 3.94. The molecule has 0 aromatic heterocycles. The molecule has 0 saturated heterocycles. The fraction of sp³-hybridized carbons (Fsp3) is 0.333. The van der Waals surface area contributed by atoms with Crippen LogP contribution in [0.2, 0.25) is 0 Å². The van der Waals surface area contributed by atoms with Gasteiger partial charge in [-0.1, -0.05) is 43.3 Å². The number of rotatable bonds is 9. The highest BCUT2D eigenvalue weighted by molar-refractivity contribution is 5.81. The predicted molar refractivity (Wildman–Crippen MR) is 100 cm³/mol. The van der Waals surface area contributed by atoms with Gasteiger partial charge in [-0.2, -0.15) is 13.2 Å². The second-order valence-corrected chi connectivity index (χ2v) is 6.51. The van der Waals surface area contributed by atoms with E-state index in [1.807, 2.05) is 26.0 Å². The zero-order valence-corrected chi connectivity index (χ0v) is 15.7. The molecule has 0 aliphatic heterocycles. The monoisotopic (exact) mass is 393 g/mol. The van der Waals surface area contributed by atoms with Crippen molar-refractivity contribution in [3.05, 3.63) is 65.2 Å². The lowest BCUT2D eigenvalue weighted by Gasteiger charge is -2.08. The number of hydrogen-bond donors (Lipinski definition) is 0. The highest BCUT2D eigenvalue weighted by Gasteiger charge is 2.29. The summed E-state index contributed by atoms with van der Waals surface area (Å²) in [6.45, 7) is 3.79. The molecule has 2 aromatic carbocycles. The molecule has 0 aliphatic carbocycles. The van der Waals surface area contributed by atoms with E-state index in [2.05, 4.69) is 5.16 Å². The van der Waals surface area contributed by atoms with E-state index in [0.29, 0.717) is 17.7 Å². The van der Waals surface area contributed by atoms with Crippen LogP contribution in [0.15, 0.2) is 53.7 Å². The molecule has 0 saturated carbocycles. The molecule has 0 aliphatic rings. The average Bonchev–Trinajstić information content (AvgIpc) is 2.66. The lowest BCUT2D eigenvalue weighted by molar-refractivity contribution is -0.137. The van der Waals surface area contributed by atoms with Gasteiger partial charge in [-0.3, -0.25) is 4.79 Å². The van der Waals surface area contributed by atoms with Gasteiger partial charge in [-0.15, -0.1) is 0 Å². The summed E-state index contributed by atoms with van der Waals surface area (Å²) < 4.78 is 42.9. The van der Waals surface area contributed by atoms with Gasteiger partial charge >= 0.3 is 6.18 Å². The highest BCUT2D eigenvalue weighted by Crippen LogP contribution is 2.29. The van der Waals surface area contributed by atoms with Crippen LogP contribution in [0.25, 0.3) is 0 Å². The molecule has 0 radical (unpaired) electrons. The number of Topliss-reactive ketones (excluding diaryl/α,β-unsaturated/α-hetero) is 1. The van der Waals surface area contributed by atoms with Crippen molar-refractivity contribution >= 4 is 12.0 Å². The minimum atomic E-state index is -4.35. The fourth-order valence-electron chi connectivity index (χ4n) is 2.14. The number of ether oxygens (including phenoxy) is 1. The van der Waals surface area contributed by atoms with Gasteiger partial charge in [-0.25, -0.2) is 0 Å². The maximum Gasteiger partial charge on any atom is 0.416 e. The SMILES string of the molecule is CC(C)C(=O)COc1ccc(CC=NOCc2ccc(C(F)(F)F)cc2)cc1. The van der Waals surface area contributed by atoms with Crippen LogP contribution in [0.1, 0.15) is 30.5 Å². The molecular weight excluding hydrogens is 371 g/mol. The Kier molecular flexibility index (Phi) is 7.61. The van der Waals surface area contributed by atoms with E-state index in [0.717, 1.165) is 17.7 Å². The molecule has 28 heavy (non-hydrogen) atoms. The number of nitrogens with zero attached hydrogens (tertiary/aromatic N) is 1. The van der Waals surface area contributed by atoms with E-state index in [9.17, 15) is 18.0 Å². The zero-order chi connectivity index (χ0) is 20.6. The van der Waals surface area contributed by atoms with E-state index in [1.165, 1.54) is 12.1 Å². The molecule has 0 atom stereocenters. The van der Waals surface area contributed by atoms with Gasteiger partial charge in [0.25, 0.3) is 0 Å². The number of carbonyl (C=O) groups excluding carboxylic acids is 1. The fourth-order valence-corrected chi connectivity index (χ4v) is 2.14. The van der Waals surface area contributed by atoms with Crippen LogP contribution in [0.5, 0.6) is 5.75 Å². The minimum absolute atomic E-state index is 0.0430. The molecule has 0 bridgehead atoms. The summed E-state index contributed by atoms with van der Waals surface area (Å²) in [5.74, 6) is 0.604. The van der Waals surface area contributed by atoms with Gasteiger partial charge < -0.3 is 9.57 Å². The Hall–Kier alpha value is -2.83. The Morgan fingerprint density at radius 3 is 2.21 bits per heavy atom. The molecule has 0 heterocycles. The average molecular weight is 393 g/mol. The van der Waals surface area contributed by atoms with E-state index in [-0.39, 0.29) is 24.9 Å². The van der Waals surface area contributed by atoms with Crippen LogP contribution in [-0.2, 0) is 28.8 Å². The van der Waals surface area contributed by atoms with Crippen LogP contribution >= 0.6 is 0 Å². The summed E-state index contributed by atoms with van der Waals surface area (Å²) in [5.41, 5.74) is 0.882. The van der Waals surface area contributed by atoms with Crippen molar-refractivity contribution < 1.29 is 27.5 Å². The smallest absolute Gasteiger partial charge is 0.416 e. The molecule has 0 fully saturated rings. The van der Waals surface area contributed by atoms with Crippen molar-refractivity contribution in [1.29, 1.82) is 0 Å². The first-order chi connectivity index (χ1) is 13.3. The number of oxime groups is 1. The maximum atomic E-state index is 12.5.